The van der Waals surface area contributed by atoms with Crippen molar-refractivity contribution >= 4 is 5.91 Å². The van der Waals surface area contributed by atoms with Crippen LogP contribution in [-0.4, -0.2) is 47.6 Å². The van der Waals surface area contributed by atoms with Crippen LogP contribution in [0.3, 0.4) is 0 Å². The molecule has 4 rings (SSSR count). The highest BCUT2D eigenvalue weighted by atomic mass is 16.7. The summed E-state index contributed by atoms with van der Waals surface area (Å²) in [6.07, 6.45) is 0. The van der Waals surface area contributed by atoms with Crippen molar-refractivity contribution in [2.75, 3.05) is 26.6 Å². The van der Waals surface area contributed by atoms with Gasteiger partial charge in [-0.25, -0.2) is 0 Å². The van der Waals surface area contributed by atoms with Crippen molar-refractivity contribution in [3.05, 3.63) is 35.5 Å². The van der Waals surface area contributed by atoms with E-state index in [2.05, 4.69) is 10.2 Å². The number of benzene rings is 1. The van der Waals surface area contributed by atoms with Crippen molar-refractivity contribution in [3.63, 3.8) is 0 Å². The second-order valence-electron chi connectivity index (χ2n) is 5.32. The van der Waals surface area contributed by atoms with E-state index in [1.54, 1.807) is 30.0 Å². The van der Waals surface area contributed by atoms with E-state index in [0.717, 1.165) is 0 Å². The second kappa shape index (κ2) is 5.54. The van der Waals surface area contributed by atoms with Gasteiger partial charge in [-0.1, -0.05) is 0 Å². The van der Waals surface area contributed by atoms with Crippen LogP contribution >= 0.6 is 0 Å². The van der Waals surface area contributed by atoms with Crippen LogP contribution < -0.4 is 9.47 Å². The molecule has 0 spiro atoms. The van der Waals surface area contributed by atoms with Gasteiger partial charge in [0.15, 0.2) is 11.5 Å². The number of rotatable bonds is 2. The Morgan fingerprint density at radius 1 is 1.26 bits per heavy atom. The predicted molar refractivity (Wildman–Crippen MR) is 76.2 cm³/mol. The lowest BCUT2D eigenvalue weighted by molar-refractivity contribution is -0.0106. The zero-order valence-electron chi connectivity index (χ0n) is 12.5. The number of carbonyl (C=O) groups is 1. The van der Waals surface area contributed by atoms with Crippen LogP contribution in [0.5, 0.6) is 11.5 Å². The van der Waals surface area contributed by atoms with Crippen LogP contribution in [0.25, 0.3) is 0 Å². The maximum absolute atomic E-state index is 12.9. The van der Waals surface area contributed by atoms with E-state index >= 15 is 0 Å². The fourth-order valence-electron chi connectivity index (χ4n) is 2.69. The molecule has 1 saturated heterocycles. The summed E-state index contributed by atoms with van der Waals surface area (Å²) in [7, 11) is 0. The van der Waals surface area contributed by atoms with E-state index < -0.39 is 0 Å². The summed E-state index contributed by atoms with van der Waals surface area (Å²) in [6, 6.07) is 4.77. The van der Waals surface area contributed by atoms with Gasteiger partial charge in [-0.05, 0) is 18.2 Å². The van der Waals surface area contributed by atoms with Crippen LogP contribution in [0.1, 0.15) is 28.2 Å². The quantitative estimate of drug-likeness (QED) is 0.825. The molecular formula is C15H15N3O5. The number of morpholine rings is 1. The number of amides is 1. The molecule has 2 aromatic rings. The monoisotopic (exact) mass is 317 g/mol. The molecule has 1 aromatic heterocycles. The molecule has 0 aliphatic carbocycles. The van der Waals surface area contributed by atoms with Crippen LogP contribution in [0.2, 0.25) is 0 Å². The standard InChI is InChI=1S/C15H15N3O5/c1-9-16-17-14(23-9)11-7-20-5-4-18(11)15(19)10-2-3-12-13(6-10)22-8-21-12/h2-3,6,11H,4-5,7-8H2,1H3/t11-/m0/s1. The third kappa shape index (κ3) is 2.50. The molecule has 8 nitrogen and oxygen atoms in total. The van der Waals surface area contributed by atoms with Crippen LogP contribution in [0.15, 0.2) is 22.6 Å². The fraction of sp³-hybridized carbons (Fsp3) is 0.400. The summed E-state index contributed by atoms with van der Waals surface area (Å²) in [4.78, 5) is 14.6. The Balaban J connectivity index is 1.62. The second-order valence-corrected chi connectivity index (χ2v) is 5.32. The lowest BCUT2D eigenvalue weighted by Crippen LogP contribution is -2.43. The van der Waals surface area contributed by atoms with Gasteiger partial charge in [0.05, 0.1) is 13.2 Å². The molecule has 1 amide bonds. The molecule has 1 aromatic carbocycles. The number of ether oxygens (including phenoxy) is 3. The molecule has 3 heterocycles. The number of aryl methyl sites for hydroxylation is 1. The first kappa shape index (κ1) is 14.0. The average Bonchev–Trinajstić information content (AvgIpc) is 3.22. The third-order valence-corrected chi connectivity index (χ3v) is 3.84. The zero-order valence-corrected chi connectivity index (χ0v) is 12.5. The Labute approximate surface area is 131 Å². The van der Waals surface area contributed by atoms with Gasteiger partial charge in [0.1, 0.15) is 6.04 Å². The summed E-state index contributed by atoms with van der Waals surface area (Å²) in [5, 5.41) is 7.85. The summed E-state index contributed by atoms with van der Waals surface area (Å²) in [5.74, 6) is 1.94. The Hall–Kier alpha value is -2.61. The third-order valence-electron chi connectivity index (χ3n) is 3.84. The van der Waals surface area contributed by atoms with Crippen molar-refractivity contribution in [2.45, 2.75) is 13.0 Å². The first-order chi connectivity index (χ1) is 11.2. The molecule has 2 aliphatic heterocycles. The highest BCUT2D eigenvalue weighted by Crippen LogP contribution is 2.34. The summed E-state index contributed by atoms with van der Waals surface area (Å²) >= 11 is 0. The Bertz CT molecular complexity index is 744. The Kier molecular flexibility index (Phi) is 3.38. The van der Waals surface area contributed by atoms with Crippen LogP contribution in [-0.2, 0) is 4.74 Å². The summed E-state index contributed by atoms with van der Waals surface area (Å²) in [6.45, 7) is 3.15. The maximum Gasteiger partial charge on any atom is 0.254 e. The molecule has 0 unspecified atom stereocenters. The molecule has 0 N–H and O–H groups in total. The largest absolute Gasteiger partial charge is 0.454 e. The normalized spacial score (nSPS) is 19.9. The highest BCUT2D eigenvalue weighted by molar-refractivity contribution is 5.95. The van der Waals surface area contributed by atoms with Gasteiger partial charge in [-0.3, -0.25) is 4.79 Å². The minimum absolute atomic E-state index is 0.132. The molecular weight excluding hydrogens is 302 g/mol. The molecule has 0 bridgehead atoms. The SMILES string of the molecule is Cc1nnc([C@@H]2COCCN2C(=O)c2ccc3c(c2)OCO3)o1. The smallest absolute Gasteiger partial charge is 0.254 e. The van der Waals surface area contributed by atoms with Gasteiger partial charge in [-0.2, -0.15) is 0 Å². The van der Waals surface area contributed by atoms with E-state index in [9.17, 15) is 4.79 Å². The maximum atomic E-state index is 12.9. The van der Waals surface area contributed by atoms with Gasteiger partial charge in [-0.15, -0.1) is 10.2 Å². The molecule has 1 atom stereocenters. The zero-order chi connectivity index (χ0) is 15.8. The van der Waals surface area contributed by atoms with E-state index in [1.807, 2.05) is 0 Å². The van der Waals surface area contributed by atoms with Crippen molar-refractivity contribution in [1.82, 2.24) is 15.1 Å². The molecule has 0 radical (unpaired) electrons. The van der Waals surface area contributed by atoms with Crippen molar-refractivity contribution in [1.29, 1.82) is 0 Å². The number of fused-ring (bicyclic) bond motifs is 1. The van der Waals surface area contributed by atoms with Crippen molar-refractivity contribution in [3.8, 4) is 11.5 Å². The average molecular weight is 317 g/mol. The molecule has 8 heteroatoms. The predicted octanol–water partition coefficient (Wildman–Crippen LogP) is 1.32. The number of hydrogen-bond acceptors (Lipinski definition) is 7. The Morgan fingerprint density at radius 2 is 2.13 bits per heavy atom. The topological polar surface area (TPSA) is 86.9 Å². The van der Waals surface area contributed by atoms with Crippen molar-refractivity contribution in [2.24, 2.45) is 0 Å². The number of carbonyl (C=O) groups excluding carboxylic acids is 1. The number of aromatic nitrogens is 2. The van der Waals surface area contributed by atoms with E-state index in [4.69, 9.17) is 18.6 Å². The minimum Gasteiger partial charge on any atom is -0.454 e. The van der Waals surface area contributed by atoms with Gasteiger partial charge in [0.25, 0.3) is 5.91 Å². The van der Waals surface area contributed by atoms with Crippen LogP contribution in [0.4, 0.5) is 0 Å². The fourth-order valence-corrected chi connectivity index (χ4v) is 2.69. The molecule has 23 heavy (non-hydrogen) atoms. The van der Waals surface area contributed by atoms with Gasteiger partial charge in [0, 0.05) is 19.0 Å². The van der Waals surface area contributed by atoms with Gasteiger partial charge < -0.3 is 23.5 Å². The lowest BCUT2D eigenvalue weighted by Gasteiger charge is -2.33. The van der Waals surface area contributed by atoms with Crippen LogP contribution in [0, 0.1) is 6.92 Å². The highest BCUT2D eigenvalue weighted by Gasteiger charge is 2.33. The minimum atomic E-state index is -0.386. The van der Waals surface area contributed by atoms with E-state index in [1.165, 1.54) is 0 Å². The van der Waals surface area contributed by atoms with Crippen molar-refractivity contribution < 1.29 is 23.4 Å². The summed E-state index contributed by atoms with van der Waals surface area (Å²) < 4.78 is 21.5. The first-order valence-corrected chi connectivity index (χ1v) is 7.31. The molecule has 0 saturated carbocycles. The first-order valence-electron chi connectivity index (χ1n) is 7.31. The lowest BCUT2D eigenvalue weighted by atomic mass is 10.1. The van der Waals surface area contributed by atoms with Gasteiger partial charge >= 0.3 is 0 Å². The van der Waals surface area contributed by atoms with Gasteiger partial charge in [0.2, 0.25) is 18.6 Å². The molecule has 1 fully saturated rings. The molecule has 120 valence electrons. The summed E-state index contributed by atoms with van der Waals surface area (Å²) in [5.41, 5.74) is 0.525. The number of nitrogens with zero attached hydrogens (tertiary/aromatic N) is 3. The molecule has 2 aliphatic rings. The van der Waals surface area contributed by atoms with E-state index in [0.29, 0.717) is 48.6 Å². The Morgan fingerprint density at radius 3 is 2.96 bits per heavy atom. The number of hydrogen-bond donors (Lipinski definition) is 0. The van der Waals surface area contributed by atoms with E-state index in [-0.39, 0.29) is 18.7 Å².